The lowest BCUT2D eigenvalue weighted by Crippen LogP contribution is -2.52. The number of aromatic nitrogens is 1. The first kappa shape index (κ1) is 17.2. The van der Waals surface area contributed by atoms with Crippen molar-refractivity contribution in [3.8, 4) is 16.9 Å². The van der Waals surface area contributed by atoms with Crippen LogP contribution in [0.15, 0.2) is 91.1 Å². The molecule has 144 valence electrons. The van der Waals surface area contributed by atoms with Crippen molar-refractivity contribution in [2.45, 2.75) is 6.92 Å². The van der Waals surface area contributed by atoms with Crippen molar-refractivity contribution in [1.29, 1.82) is 0 Å². The van der Waals surface area contributed by atoms with Crippen LogP contribution in [0.25, 0.3) is 11.1 Å². The molecule has 4 aromatic rings. The molecule has 0 N–H and O–H groups in total. The molecule has 0 radical (unpaired) electrons. The fourth-order valence-electron chi connectivity index (χ4n) is 4.66. The molecule has 4 nitrogen and oxygen atoms in total. The Morgan fingerprint density at radius 1 is 0.733 bits per heavy atom. The van der Waals surface area contributed by atoms with Gasteiger partial charge in [0.15, 0.2) is 0 Å². The molecule has 3 heterocycles. The monoisotopic (exact) mass is 390 g/mol. The van der Waals surface area contributed by atoms with Gasteiger partial charge in [0, 0.05) is 22.9 Å². The quantitative estimate of drug-likeness (QED) is 0.331. The summed E-state index contributed by atoms with van der Waals surface area (Å²) < 4.78 is 8.91. The van der Waals surface area contributed by atoms with Crippen LogP contribution in [-0.4, -0.2) is 7.19 Å². The van der Waals surface area contributed by atoms with E-state index in [-0.39, 0.29) is 7.19 Å². The van der Waals surface area contributed by atoms with E-state index in [0.29, 0.717) is 0 Å². The van der Waals surface area contributed by atoms with Crippen LogP contribution in [0.3, 0.4) is 0 Å². The molecule has 0 unspecified atom stereocenters. The minimum absolute atomic E-state index is 0.320. The largest absolute Gasteiger partial charge is 0.755 e. The highest BCUT2D eigenvalue weighted by Gasteiger charge is 2.57. The highest BCUT2D eigenvalue weighted by Crippen LogP contribution is 2.52. The molecule has 0 saturated carbocycles. The number of pyridine rings is 1. The average Bonchev–Trinajstić information content (AvgIpc) is 3.01. The number of hydrogen-bond acceptors (Lipinski definition) is 3. The Labute approximate surface area is 176 Å². The maximum atomic E-state index is 6.76. The average molecular weight is 390 g/mol. The van der Waals surface area contributed by atoms with Crippen molar-refractivity contribution in [3.05, 3.63) is 96.7 Å². The number of benzene rings is 3. The molecule has 0 aliphatic carbocycles. The van der Waals surface area contributed by atoms with Crippen molar-refractivity contribution in [2.24, 2.45) is 7.05 Å². The topological polar surface area (TPSA) is 19.6 Å². The molecule has 5 heteroatoms. The molecule has 0 saturated heterocycles. The van der Waals surface area contributed by atoms with Gasteiger partial charge >= 0.3 is 7.19 Å². The molecular formula is C25H21BN3O+. The number of hydrogen-bond donors (Lipinski definition) is 0. The van der Waals surface area contributed by atoms with Crippen molar-refractivity contribution in [1.82, 2.24) is 0 Å². The van der Waals surface area contributed by atoms with Crippen molar-refractivity contribution >= 4 is 30.1 Å². The molecule has 0 fully saturated rings. The van der Waals surface area contributed by atoms with E-state index in [1.807, 2.05) is 6.07 Å². The Morgan fingerprint density at radius 2 is 1.47 bits per heavy atom. The van der Waals surface area contributed by atoms with Crippen LogP contribution < -0.4 is 18.8 Å². The Bertz CT molecular complexity index is 1290. The van der Waals surface area contributed by atoms with Gasteiger partial charge in [-0.05, 0) is 36.8 Å². The van der Waals surface area contributed by atoms with Crippen LogP contribution in [0.5, 0.6) is 5.75 Å². The summed E-state index contributed by atoms with van der Waals surface area (Å²) in [5, 5.41) is 0. The first-order valence-electron chi connectivity index (χ1n) is 10.2. The predicted molar refractivity (Wildman–Crippen MR) is 121 cm³/mol. The fraction of sp³-hybridized carbons (Fsp3) is 0.0800. The van der Waals surface area contributed by atoms with Gasteiger partial charge in [-0.2, -0.15) is 0 Å². The van der Waals surface area contributed by atoms with E-state index in [0.717, 1.165) is 28.5 Å². The summed E-state index contributed by atoms with van der Waals surface area (Å²) in [5.74, 6) is 1.98. The van der Waals surface area contributed by atoms with E-state index < -0.39 is 0 Å². The number of para-hydroxylation sites is 3. The van der Waals surface area contributed by atoms with Crippen LogP contribution >= 0.6 is 0 Å². The second kappa shape index (κ2) is 6.39. The Balaban J connectivity index is 1.68. The molecule has 0 amide bonds. The second-order valence-electron chi connectivity index (χ2n) is 7.81. The van der Waals surface area contributed by atoms with Crippen molar-refractivity contribution in [2.75, 3.05) is 9.62 Å². The van der Waals surface area contributed by atoms with Gasteiger partial charge in [0.2, 0.25) is 0 Å². The first-order chi connectivity index (χ1) is 14.7. The van der Waals surface area contributed by atoms with Gasteiger partial charge in [-0.25, -0.2) is 9.38 Å². The van der Waals surface area contributed by atoms with Crippen LogP contribution in [-0.2, 0) is 7.05 Å². The zero-order valence-electron chi connectivity index (χ0n) is 17.0. The highest BCUT2D eigenvalue weighted by molar-refractivity contribution is 6.68. The Kier molecular flexibility index (Phi) is 3.66. The lowest BCUT2D eigenvalue weighted by atomic mass is 9.94. The van der Waals surface area contributed by atoms with Crippen LogP contribution in [0, 0.1) is 6.92 Å². The smallest absolute Gasteiger partial charge is 0.502 e. The summed E-state index contributed by atoms with van der Waals surface area (Å²) >= 11 is 0. The summed E-state index contributed by atoms with van der Waals surface area (Å²) in [7, 11) is 1.76. The number of aryl methyl sites for hydroxylation is 2. The Hall–Kier alpha value is -3.73. The van der Waals surface area contributed by atoms with E-state index in [1.54, 1.807) is 0 Å². The van der Waals surface area contributed by atoms with Crippen molar-refractivity contribution in [3.63, 3.8) is 0 Å². The molecule has 0 atom stereocenters. The molecule has 3 aromatic carbocycles. The van der Waals surface area contributed by atoms with Gasteiger partial charge in [-0.3, -0.25) is 4.81 Å². The third-order valence-electron chi connectivity index (χ3n) is 6.01. The molecule has 2 aliphatic rings. The van der Waals surface area contributed by atoms with E-state index in [9.17, 15) is 0 Å². The van der Waals surface area contributed by atoms with E-state index in [2.05, 4.69) is 113 Å². The van der Waals surface area contributed by atoms with Crippen LogP contribution in [0.2, 0.25) is 0 Å². The lowest BCUT2D eigenvalue weighted by Gasteiger charge is -2.22. The summed E-state index contributed by atoms with van der Waals surface area (Å²) in [6.07, 6.45) is 2.08. The lowest BCUT2D eigenvalue weighted by molar-refractivity contribution is -0.658. The molecule has 30 heavy (non-hydrogen) atoms. The van der Waals surface area contributed by atoms with E-state index in [1.165, 1.54) is 16.8 Å². The standard InChI is InChI=1S/C25H21BN3O/c1-18-10-9-14-22-25(18)29(24-16-7-8-17-27(24)2)26-28(22)21-13-5-3-11-19(21)20-12-4-6-15-23(20)30-26/h3-17H,1-2H3/q+1. The Morgan fingerprint density at radius 3 is 2.33 bits per heavy atom. The maximum Gasteiger partial charge on any atom is 0.755 e. The minimum Gasteiger partial charge on any atom is -0.502 e. The predicted octanol–water partition coefficient (Wildman–Crippen LogP) is 5.15. The zero-order chi connectivity index (χ0) is 20.2. The summed E-state index contributed by atoms with van der Waals surface area (Å²) in [4.78, 5) is 4.63. The van der Waals surface area contributed by atoms with Crippen molar-refractivity contribution < 1.29 is 9.22 Å². The maximum absolute atomic E-state index is 6.76. The number of anilines is 4. The van der Waals surface area contributed by atoms with Gasteiger partial charge < -0.3 is 4.65 Å². The van der Waals surface area contributed by atoms with Gasteiger partial charge in [0.25, 0.3) is 5.82 Å². The van der Waals surface area contributed by atoms with Crippen LogP contribution in [0.1, 0.15) is 5.56 Å². The fourth-order valence-corrected chi connectivity index (χ4v) is 4.66. The molecule has 6 rings (SSSR count). The third kappa shape index (κ3) is 2.32. The number of rotatable bonds is 1. The van der Waals surface area contributed by atoms with Gasteiger partial charge in [0.1, 0.15) is 11.4 Å². The summed E-state index contributed by atoms with van der Waals surface area (Å²) in [6.45, 7) is 2.17. The second-order valence-corrected chi connectivity index (χ2v) is 7.81. The molecular weight excluding hydrogens is 369 g/mol. The molecule has 0 spiro atoms. The van der Waals surface area contributed by atoms with E-state index in [4.69, 9.17) is 4.65 Å². The van der Waals surface area contributed by atoms with E-state index >= 15 is 0 Å². The van der Waals surface area contributed by atoms with Gasteiger partial charge in [-0.15, -0.1) is 0 Å². The van der Waals surface area contributed by atoms with Gasteiger partial charge in [0.05, 0.1) is 18.9 Å². The number of nitrogens with zero attached hydrogens (tertiary/aromatic N) is 3. The normalized spacial score (nSPS) is 13.7. The highest BCUT2D eigenvalue weighted by atomic mass is 16.5. The SMILES string of the molecule is Cc1cccc2c1N(c1cccc[n+]1C)B1Oc3ccccc3-c3ccccc3N12. The van der Waals surface area contributed by atoms with Gasteiger partial charge in [-0.1, -0.05) is 54.6 Å². The molecule has 0 bridgehead atoms. The third-order valence-corrected chi connectivity index (χ3v) is 6.01. The summed E-state index contributed by atoms with van der Waals surface area (Å²) in [6, 6.07) is 29.6. The number of fused-ring (bicyclic) bond motifs is 7. The zero-order valence-corrected chi connectivity index (χ0v) is 17.0. The molecule has 2 aliphatic heterocycles. The summed E-state index contributed by atoms with van der Waals surface area (Å²) in [5.41, 5.74) is 7.01. The first-order valence-corrected chi connectivity index (χ1v) is 10.2. The minimum atomic E-state index is -0.320. The molecule has 1 aromatic heterocycles. The van der Waals surface area contributed by atoms with Crippen LogP contribution in [0.4, 0.5) is 22.9 Å².